The van der Waals surface area contributed by atoms with Crippen molar-refractivity contribution < 1.29 is 27.5 Å². The van der Waals surface area contributed by atoms with Crippen LogP contribution >= 0.6 is 11.3 Å². The van der Waals surface area contributed by atoms with Crippen molar-refractivity contribution in [3.8, 4) is 0 Å². The molecule has 2 N–H and O–H groups in total. The number of nitrogens with zero attached hydrogens (tertiary/aromatic N) is 1. The minimum Gasteiger partial charge on any atom is -0.466 e. The van der Waals surface area contributed by atoms with E-state index in [0.717, 1.165) is 23.5 Å². The zero-order valence-corrected chi connectivity index (χ0v) is 13.8. The van der Waals surface area contributed by atoms with Gasteiger partial charge in [-0.25, -0.2) is 9.78 Å². The van der Waals surface area contributed by atoms with E-state index in [2.05, 4.69) is 15.6 Å². The predicted molar refractivity (Wildman–Crippen MR) is 86.5 cm³/mol. The summed E-state index contributed by atoms with van der Waals surface area (Å²) in [6.45, 7) is 1.94. The number of hydrogen-bond donors (Lipinski definition) is 2. The average Bonchev–Trinajstić information content (AvgIpc) is 2.93. The standard InChI is InChI=1S/C15H14F3N3O3S/c1-2-24-12(22)7-11-8-25-14(20-11)21-13(23)19-10-5-3-4-9(6-10)15(16,17)18/h3-6,8H,2,7H2,1H3,(H2,19,20,21,23). The SMILES string of the molecule is CCOC(=O)Cc1csc(NC(=O)Nc2cccc(C(F)(F)F)c2)n1. The van der Waals surface area contributed by atoms with E-state index in [4.69, 9.17) is 4.74 Å². The Labute approximate surface area is 145 Å². The molecule has 0 atom stereocenters. The van der Waals surface area contributed by atoms with E-state index in [1.54, 1.807) is 12.3 Å². The summed E-state index contributed by atoms with van der Waals surface area (Å²) in [6.07, 6.45) is -4.52. The normalized spacial score (nSPS) is 11.0. The number of rotatable bonds is 5. The van der Waals surface area contributed by atoms with Gasteiger partial charge in [-0.1, -0.05) is 6.07 Å². The summed E-state index contributed by atoms with van der Waals surface area (Å²) >= 11 is 1.09. The maximum Gasteiger partial charge on any atom is 0.416 e. The monoisotopic (exact) mass is 373 g/mol. The number of halogens is 3. The molecule has 10 heteroatoms. The molecule has 0 unspecified atom stereocenters. The lowest BCUT2D eigenvalue weighted by Gasteiger charge is -2.09. The number of amides is 2. The first-order valence-corrected chi connectivity index (χ1v) is 8.01. The van der Waals surface area contributed by atoms with E-state index >= 15 is 0 Å². The Balaban J connectivity index is 1.95. The first-order valence-electron chi connectivity index (χ1n) is 7.13. The van der Waals surface area contributed by atoms with Crippen molar-refractivity contribution in [3.05, 3.63) is 40.9 Å². The molecule has 2 rings (SSSR count). The number of alkyl halides is 3. The van der Waals surface area contributed by atoms with Crippen LogP contribution in [0.4, 0.5) is 28.8 Å². The van der Waals surface area contributed by atoms with E-state index < -0.39 is 23.7 Å². The minimum atomic E-state index is -4.49. The zero-order chi connectivity index (χ0) is 18.4. The van der Waals surface area contributed by atoms with Crippen molar-refractivity contribution in [3.63, 3.8) is 0 Å². The molecule has 1 aromatic carbocycles. The maximum absolute atomic E-state index is 12.6. The molecule has 2 amide bonds. The molecule has 2 aromatic rings. The zero-order valence-electron chi connectivity index (χ0n) is 13.0. The first-order chi connectivity index (χ1) is 11.8. The van der Waals surface area contributed by atoms with Crippen LogP contribution < -0.4 is 10.6 Å². The Morgan fingerprint density at radius 2 is 2.04 bits per heavy atom. The van der Waals surface area contributed by atoms with Crippen molar-refractivity contribution in [1.29, 1.82) is 0 Å². The lowest BCUT2D eigenvalue weighted by molar-refractivity contribution is -0.142. The number of anilines is 2. The summed E-state index contributed by atoms with van der Waals surface area (Å²) in [5.41, 5.74) is -0.440. The van der Waals surface area contributed by atoms with Gasteiger partial charge in [-0.05, 0) is 25.1 Å². The number of esters is 1. The highest BCUT2D eigenvalue weighted by Crippen LogP contribution is 2.30. The van der Waals surface area contributed by atoms with Crippen molar-refractivity contribution in [1.82, 2.24) is 4.98 Å². The van der Waals surface area contributed by atoms with E-state index in [9.17, 15) is 22.8 Å². The molecule has 1 aromatic heterocycles. The second kappa shape index (κ2) is 7.97. The van der Waals surface area contributed by atoms with Gasteiger partial charge in [0, 0.05) is 11.1 Å². The average molecular weight is 373 g/mol. The van der Waals surface area contributed by atoms with Gasteiger partial charge in [-0.2, -0.15) is 13.2 Å². The lowest BCUT2D eigenvalue weighted by atomic mass is 10.2. The molecule has 0 fully saturated rings. The van der Waals surface area contributed by atoms with Crippen LogP contribution in [0.1, 0.15) is 18.2 Å². The van der Waals surface area contributed by atoms with Gasteiger partial charge in [-0.15, -0.1) is 11.3 Å². The number of carbonyl (C=O) groups excluding carboxylic acids is 2. The predicted octanol–water partition coefficient (Wildman–Crippen LogP) is 3.91. The number of aromatic nitrogens is 1. The molecule has 25 heavy (non-hydrogen) atoms. The highest BCUT2D eigenvalue weighted by atomic mass is 32.1. The summed E-state index contributed by atoms with van der Waals surface area (Å²) in [6, 6.07) is 3.53. The molecular formula is C15H14F3N3O3S. The molecule has 0 bridgehead atoms. The molecule has 0 aliphatic carbocycles. The van der Waals surface area contributed by atoms with Crippen LogP contribution in [0.3, 0.4) is 0 Å². The van der Waals surface area contributed by atoms with Gasteiger partial charge in [0.05, 0.1) is 24.3 Å². The van der Waals surface area contributed by atoms with Gasteiger partial charge in [0.1, 0.15) is 0 Å². The molecule has 0 spiro atoms. The van der Waals surface area contributed by atoms with Crippen molar-refractivity contribution in [2.24, 2.45) is 0 Å². The largest absolute Gasteiger partial charge is 0.466 e. The second-order valence-electron chi connectivity index (χ2n) is 4.78. The van der Waals surface area contributed by atoms with Gasteiger partial charge in [-0.3, -0.25) is 10.1 Å². The lowest BCUT2D eigenvalue weighted by Crippen LogP contribution is -2.19. The van der Waals surface area contributed by atoms with Crippen LogP contribution in [0.15, 0.2) is 29.6 Å². The number of thiazole rings is 1. The van der Waals surface area contributed by atoms with Crippen LogP contribution in [0.25, 0.3) is 0 Å². The van der Waals surface area contributed by atoms with Gasteiger partial charge < -0.3 is 10.1 Å². The summed E-state index contributed by atoms with van der Waals surface area (Å²) in [4.78, 5) is 27.2. The number of hydrogen-bond acceptors (Lipinski definition) is 5. The minimum absolute atomic E-state index is 0.00405. The third-order valence-electron chi connectivity index (χ3n) is 2.85. The summed E-state index contributed by atoms with van der Waals surface area (Å²) in [5, 5.41) is 6.49. The Bertz CT molecular complexity index is 762. The van der Waals surface area contributed by atoms with E-state index in [0.29, 0.717) is 5.69 Å². The number of ether oxygens (including phenoxy) is 1. The number of benzene rings is 1. The van der Waals surface area contributed by atoms with Gasteiger partial charge in [0.25, 0.3) is 0 Å². The molecule has 1 heterocycles. The topological polar surface area (TPSA) is 80.3 Å². The van der Waals surface area contributed by atoms with Crippen LogP contribution in [-0.4, -0.2) is 23.6 Å². The van der Waals surface area contributed by atoms with Crippen molar-refractivity contribution >= 4 is 34.2 Å². The van der Waals surface area contributed by atoms with Gasteiger partial charge >= 0.3 is 18.2 Å². The van der Waals surface area contributed by atoms with Crippen LogP contribution in [0.2, 0.25) is 0 Å². The molecule has 0 aliphatic rings. The molecule has 134 valence electrons. The fourth-order valence-electron chi connectivity index (χ4n) is 1.84. The van der Waals surface area contributed by atoms with Crippen molar-refractivity contribution in [2.45, 2.75) is 19.5 Å². The summed E-state index contributed by atoms with van der Waals surface area (Å²) in [7, 11) is 0. The summed E-state index contributed by atoms with van der Waals surface area (Å²) < 4.78 is 42.7. The van der Waals surface area contributed by atoms with Gasteiger partial charge in [0.15, 0.2) is 5.13 Å². The Morgan fingerprint density at radius 1 is 1.28 bits per heavy atom. The van der Waals surface area contributed by atoms with Crippen molar-refractivity contribution in [2.75, 3.05) is 17.2 Å². The molecule has 0 radical (unpaired) electrons. The molecule has 0 aliphatic heterocycles. The smallest absolute Gasteiger partial charge is 0.416 e. The second-order valence-corrected chi connectivity index (χ2v) is 5.64. The number of nitrogens with one attached hydrogen (secondary N) is 2. The maximum atomic E-state index is 12.6. The number of urea groups is 1. The third-order valence-corrected chi connectivity index (χ3v) is 3.66. The number of carbonyl (C=O) groups is 2. The van der Waals surface area contributed by atoms with E-state index in [-0.39, 0.29) is 23.8 Å². The van der Waals surface area contributed by atoms with Crippen LogP contribution in [0, 0.1) is 0 Å². The third kappa shape index (κ3) is 5.75. The Morgan fingerprint density at radius 3 is 2.72 bits per heavy atom. The molecule has 0 saturated carbocycles. The Hall–Kier alpha value is -2.62. The van der Waals surface area contributed by atoms with Crippen LogP contribution in [-0.2, 0) is 22.1 Å². The quantitative estimate of drug-likeness (QED) is 0.779. The highest BCUT2D eigenvalue weighted by Gasteiger charge is 2.30. The molecule has 0 saturated heterocycles. The molecule has 6 nitrogen and oxygen atoms in total. The van der Waals surface area contributed by atoms with Gasteiger partial charge in [0.2, 0.25) is 0 Å². The van der Waals surface area contributed by atoms with E-state index in [1.165, 1.54) is 12.1 Å². The summed E-state index contributed by atoms with van der Waals surface area (Å²) in [5.74, 6) is -0.437. The fraction of sp³-hybridized carbons (Fsp3) is 0.267. The highest BCUT2D eigenvalue weighted by molar-refractivity contribution is 7.13. The molecular weight excluding hydrogens is 359 g/mol. The Kier molecular flexibility index (Phi) is 5.97. The fourth-order valence-corrected chi connectivity index (χ4v) is 2.54. The van der Waals surface area contributed by atoms with Crippen LogP contribution in [0.5, 0.6) is 0 Å². The van der Waals surface area contributed by atoms with E-state index in [1.807, 2.05) is 0 Å². The first kappa shape index (κ1) is 18.7.